The van der Waals surface area contributed by atoms with Gasteiger partial charge in [-0.2, -0.15) is 4.98 Å². The molecule has 5 nitrogen and oxygen atoms in total. The standard InChI is InChI=1S/C11H12FN3O2/c1-16-8-4-2-3-7(12)10(8)11-14-9(5-6-13)15-17-11/h2-4H,5-6,13H2,1H3. The lowest BCUT2D eigenvalue weighted by Gasteiger charge is -2.04. The zero-order valence-electron chi connectivity index (χ0n) is 9.31. The van der Waals surface area contributed by atoms with Gasteiger partial charge in [-0.15, -0.1) is 0 Å². The van der Waals surface area contributed by atoms with Gasteiger partial charge >= 0.3 is 0 Å². The summed E-state index contributed by atoms with van der Waals surface area (Å²) in [6.07, 6.45) is 0.486. The lowest BCUT2D eigenvalue weighted by molar-refractivity contribution is 0.398. The van der Waals surface area contributed by atoms with Crippen LogP contribution in [0.4, 0.5) is 4.39 Å². The fraction of sp³-hybridized carbons (Fsp3) is 0.273. The molecule has 2 aromatic rings. The summed E-state index contributed by atoms with van der Waals surface area (Å²) in [7, 11) is 1.45. The lowest BCUT2D eigenvalue weighted by Crippen LogP contribution is -2.03. The molecular formula is C11H12FN3O2. The Kier molecular flexibility index (Phi) is 3.34. The number of aromatic nitrogens is 2. The van der Waals surface area contributed by atoms with Gasteiger partial charge in [-0.1, -0.05) is 11.2 Å². The maximum absolute atomic E-state index is 13.7. The van der Waals surface area contributed by atoms with Gasteiger partial charge < -0.3 is 15.0 Å². The van der Waals surface area contributed by atoms with Crippen LogP contribution in [0, 0.1) is 5.82 Å². The van der Waals surface area contributed by atoms with E-state index in [0.717, 1.165) is 0 Å². The van der Waals surface area contributed by atoms with E-state index in [4.69, 9.17) is 15.0 Å². The number of rotatable bonds is 4. The highest BCUT2D eigenvalue weighted by atomic mass is 19.1. The Labute approximate surface area is 97.4 Å². The summed E-state index contributed by atoms with van der Waals surface area (Å²) < 4.78 is 23.7. The van der Waals surface area contributed by atoms with Crippen molar-refractivity contribution >= 4 is 0 Å². The van der Waals surface area contributed by atoms with Crippen LogP contribution in [0.15, 0.2) is 22.7 Å². The fourth-order valence-electron chi connectivity index (χ4n) is 1.47. The van der Waals surface area contributed by atoms with E-state index in [2.05, 4.69) is 10.1 Å². The molecule has 1 heterocycles. The van der Waals surface area contributed by atoms with Crippen LogP contribution in [0.25, 0.3) is 11.5 Å². The molecule has 0 unspecified atom stereocenters. The van der Waals surface area contributed by atoms with Gasteiger partial charge in [0.15, 0.2) is 5.82 Å². The first-order valence-corrected chi connectivity index (χ1v) is 5.11. The van der Waals surface area contributed by atoms with Crippen molar-refractivity contribution in [2.75, 3.05) is 13.7 Å². The number of hydrogen-bond acceptors (Lipinski definition) is 5. The van der Waals surface area contributed by atoms with E-state index in [9.17, 15) is 4.39 Å². The van der Waals surface area contributed by atoms with Crippen LogP contribution in [0.3, 0.4) is 0 Å². The predicted octanol–water partition coefficient (Wildman–Crippen LogP) is 1.39. The van der Waals surface area contributed by atoms with Crippen molar-refractivity contribution in [2.45, 2.75) is 6.42 Å². The maximum Gasteiger partial charge on any atom is 0.264 e. The van der Waals surface area contributed by atoms with Gasteiger partial charge in [0.05, 0.1) is 7.11 Å². The van der Waals surface area contributed by atoms with Gasteiger partial charge in [0, 0.05) is 6.42 Å². The first kappa shape index (κ1) is 11.5. The normalized spacial score (nSPS) is 10.5. The molecule has 0 saturated carbocycles. The second-order valence-corrected chi connectivity index (χ2v) is 3.37. The Bertz CT molecular complexity index is 513. The van der Waals surface area contributed by atoms with E-state index in [-0.39, 0.29) is 11.5 Å². The van der Waals surface area contributed by atoms with Crippen LogP contribution in [0.5, 0.6) is 5.75 Å². The first-order chi connectivity index (χ1) is 8.26. The number of ether oxygens (including phenoxy) is 1. The maximum atomic E-state index is 13.7. The summed E-state index contributed by atoms with van der Waals surface area (Å²) in [5.41, 5.74) is 5.55. The average Bonchev–Trinajstić information content (AvgIpc) is 2.77. The Morgan fingerprint density at radius 1 is 1.47 bits per heavy atom. The Hall–Kier alpha value is -1.95. The minimum absolute atomic E-state index is 0.100. The van der Waals surface area contributed by atoms with Gasteiger partial charge in [-0.05, 0) is 18.7 Å². The van der Waals surface area contributed by atoms with Crippen LogP contribution in [0.2, 0.25) is 0 Å². The van der Waals surface area contributed by atoms with Gasteiger partial charge in [-0.3, -0.25) is 0 Å². The molecule has 0 aliphatic heterocycles. The summed E-state index contributed by atoms with van der Waals surface area (Å²) in [5.74, 6) is 0.441. The summed E-state index contributed by atoms with van der Waals surface area (Å²) >= 11 is 0. The van der Waals surface area contributed by atoms with Crippen molar-refractivity contribution in [1.82, 2.24) is 10.1 Å². The SMILES string of the molecule is COc1cccc(F)c1-c1nc(CCN)no1. The minimum atomic E-state index is -0.465. The van der Waals surface area contributed by atoms with Crippen LogP contribution in [0.1, 0.15) is 5.82 Å². The number of methoxy groups -OCH3 is 1. The second kappa shape index (κ2) is 4.92. The number of nitrogens with two attached hydrogens (primary N) is 1. The molecule has 2 rings (SSSR count). The number of hydrogen-bond donors (Lipinski definition) is 1. The van der Waals surface area contributed by atoms with Crippen molar-refractivity contribution in [2.24, 2.45) is 5.73 Å². The molecule has 2 N–H and O–H groups in total. The van der Waals surface area contributed by atoms with E-state index in [1.165, 1.54) is 13.2 Å². The highest BCUT2D eigenvalue weighted by Crippen LogP contribution is 2.31. The van der Waals surface area contributed by atoms with E-state index in [1.54, 1.807) is 12.1 Å². The van der Waals surface area contributed by atoms with E-state index in [0.29, 0.717) is 24.5 Å². The molecule has 0 radical (unpaired) electrons. The molecule has 1 aromatic carbocycles. The second-order valence-electron chi connectivity index (χ2n) is 3.37. The van der Waals surface area contributed by atoms with Crippen molar-refractivity contribution in [1.29, 1.82) is 0 Å². The average molecular weight is 237 g/mol. The van der Waals surface area contributed by atoms with Crippen LogP contribution in [-0.4, -0.2) is 23.8 Å². The summed E-state index contributed by atoms with van der Waals surface area (Å²) in [5, 5.41) is 3.71. The van der Waals surface area contributed by atoms with Crippen molar-refractivity contribution < 1.29 is 13.7 Å². The Morgan fingerprint density at radius 2 is 2.29 bits per heavy atom. The largest absolute Gasteiger partial charge is 0.496 e. The molecule has 0 spiro atoms. The monoisotopic (exact) mass is 237 g/mol. The Morgan fingerprint density at radius 3 is 3.00 bits per heavy atom. The molecule has 1 aromatic heterocycles. The summed E-state index contributed by atoms with van der Waals surface area (Å²) in [4.78, 5) is 4.06. The summed E-state index contributed by atoms with van der Waals surface area (Å²) in [6, 6.07) is 4.49. The topological polar surface area (TPSA) is 74.2 Å². The molecule has 17 heavy (non-hydrogen) atoms. The van der Waals surface area contributed by atoms with Gasteiger partial charge in [-0.25, -0.2) is 4.39 Å². The van der Waals surface area contributed by atoms with E-state index >= 15 is 0 Å². The molecule has 0 aliphatic rings. The summed E-state index contributed by atoms with van der Waals surface area (Å²) in [6.45, 7) is 0.410. The number of halogens is 1. The molecule has 0 bridgehead atoms. The lowest BCUT2D eigenvalue weighted by atomic mass is 10.2. The quantitative estimate of drug-likeness (QED) is 0.869. The van der Waals surface area contributed by atoms with Crippen molar-refractivity contribution in [3.8, 4) is 17.2 Å². The van der Waals surface area contributed by atoms with Gasteiger partial charge in [0.25, 0.3) is 5.89 Å². The van der Waals surface area contributed by atoms with Gasteiger partial charge in [0.1, 0.15) is 17.1 Å². The third-order valence-electron chi connectivity index (χ3n) is 2.25. The zero-order valence-corrected chi connectivity index (χ0v) is 9.31. The molecule has 0 amide bonds. The predicted molar refractivity (Wildman–Crippen MR) is 59.0 cm³/mol. The van der Waals surface area contributed by atoms with Crippen LogP contribution in [-0.2, 0) is 6.42 Å². The molecular weight excluding hydrogens is 225 g/mol. The third kappa shape index (κ3) is 2.26. The Balaban J connectivity index is 2.44. The van der Waals surface area contributed by atoms with Crippen molar-refractivity contribution in [3.63, 3.8) is 0 Å². The molecule has 0 aliphatic carbocycles. The molecule has 0 saturated heterocycles. The minimum Gasteiger partial charge on any atom is -0.496 e. The van der Waals surface area contributed by atoms with Crippen LogP contribution >= 0.6 is 0 Å². The van der Waals surface area contributed by atoms with Crippen LogP contribution < -0.4 is 10.5 Å². The number of benzene rings is 1. The highest BCUT2D eigenvalue weighted by molar-refractivity contribution is 5.63. The van der Waals surface area contributed by atoms with E-state index in [1.807, 2.05) is 0 Å². The molecule has 0 atom stereocenters. The first-order valence-electron chi connectivity index (χ1n) is 5.11. The third-order valence-corrected chi connectivity index (χ3v) is 2.25. The van der Waals surface area contributed by atoms with Crippen molar-refractivity contribution in [3.05, 3.63) is 29.8 Å². The molecule has 6 heteroatoms. The van der Waals surface area contributed by atoms with Gasteiger partial charge in [0.2, 0.25) is 0 Å². The fourth-order valence-corrected chi connectivity index (χ4v) is 1.47. The smallest absolute Gasteiger partial charge is 0.264 e. The number of nitrogens with zero attached hydrogens (tertiary/aromatic N) is 2. The zero-order chi connectivity index (χ0) is 12.3. The highest BCUT2D eigenvalue weighted by Gasteiger charge is 2.17. The molecule has 0 fully saturated rings. The van der Waals surface area contributed by atoms with E-state index < -0.39 is 5.82 Å². The molecule has 90 valence electrons.